The quantitative estimate of drug-likeness (QED) is 0.796. The van der Waals surface area contributed by atoms with E-state index in [4.69, 9.17) is 5.73 Å². The van der Waals surface area contributed by atoms with Crippen molar-refractivity contribution in [2.45, 2.75) is 24.6 Å². The van der Waals surface area contributed by atoms with E-state index in [1.165, 1.54) is 15.7 Å². The van der Waals surface area contributed by atoms with Crippen LogP contribution in [0.1, 0.15) is 19.0 Å². The topological polar surface area (TPSA) is 123 Å². The largest absolute Gasteiger partial charge is 0.480 e. The molecule has 0 spiro atoms. The van der Waals surface area contributed by atoms with Gasteiger partial charge in [-0.2, -0.15) is 0 Å². The number of carbonyl (C=O) groups is 2. The summed E-state index contributed by atoms with van der Waals surface area (Å²) in [6, 6.07) is 1.33. The molecule has 1 atom stereocenters. The molecule has 2 rings (SSSR count). The Morgan fingerprint density at radius 3 is 2.62 bits per heavy atom. The van der Waals surface area contributed by atoms with Crippen molar-refractivity contribution in [1.29, 1.82) is 0 Å². The molecule has 1 aliphatic heterocycles. The summed E-state index contributed by atoms with van der Waals surface area (Å²) in [4.78, 5) is 24.7. The lowest BCUT2D eigenvalue weighted by molar-refractivity contribution is -0.139. The van der Waals surface area contributed by atoms with E-state index in [9.17, 15) is 23.1 Å². The number of rotatable bonds is 5. The van der Waals surface area contributed by atoms with Gasteiger partial charge in [0, 0.05) is 24.7 Å². The minimum atomic E-state index is -3.80. The van der Waals surface area contributed by atoms with E-state index in [1.54, 1.807) is 6.07 Å². The van der Waals surface area contributed by atoms with E-state index in [2.05, 4.69) is 0 Å². The SMILES string of the molecule is CC(CCN1Cc2cc(N)cn2C1=O)(C(=O)O)S(C)(=O)=O. The Bertz CT molecular complexity index is 708. The Morgan fingerprint density at radius 2 is 2.14 bits per heavy atom. The molecule has 0 fully saturated rings. The zero-order valence-electron chi connectivity index (χ0n) is 11.7. The van der Waals surface area contributed by atoms with Gasteiger partial charge in [0.15, 0.2) is 14.6 Å². The monoisotopic (exact) mass is 315 g/mol. The van der Waals surface area contributed by atoms with Crippen molar-refractivity contribution < 1.29 is 23.1 Å². The number of anilines is 1. The zero-order chi connectivity index (χ0) is 16.0. The van der Waals surface area contributed by atoms with Crippen LogP contribution in [0.5, 0.6) is 0 Å². The van der Waals surface area contributed by atoms with Crippen LogP contribution in [-0.2, 0) is 21.2 Å². The van der Waals surface area contributed by atoms with Crippen molar-refractivity contribution in [2.75, 3.05) is 18.5 Å². The third kappa shape index (κ3) is 2.48. The summed E-state index contributed by atoms with van der Waals surface area (Å²) < 4.78 is 22.8. The molecule has 1 aromatic rings. The zero-order valence-corrected chi connectivity index (χ0v) is 12.6. The third-order valence-electron chi connectivity index (χ3n) is 3.88. The number of carboxylic acids is 1. The van der Waals surface area contributed by atoms with E-state index in [-0.39, 0.29) is 25.5 Å². The van der Waals surface area contributed by atoms with Gasteiger partial charge in [-0.05, 0) is 19.4 Å². The van der Waals surface area contributed by atoms with Gasteiger partial charge in [0.1, 0.15) is 0 Å². The van der Waals surface area contributed by atoms with Crippen LogP contribution < -0.4 is 5.73 Å². The van der Waals surface area contributed by atoms with Gasteiger partial charge in [-0.1, -0.05) is 0 Å². The maximum absolute atomic E-state index is 12.1. The first kappa shape index (κ1) is 15.4. The molecule has 0 aliphatic carbocycles. The van der Waals surface area contributed by atoms with Gasteiger partial charge >= 0.3 is 12.0 Å². The molecule has 3 N–H and O–H groups in total. The maximum atomic E-state index is 12.1. The molecule has 0 saturated carbocycles. The maximum Gasteiger partial charge on any atom is 0.328 e. The number of aromatic nitrogens is 1. The van der Waals surface area contributed by atoms with Crippen LogP contribution in [0.3, 0.4) is 0 Å². The number of hydrogen-bond donors (Lipinski definition) is 2. The molecule has 0 saturated heterocycles. The molecule has 0 bridgehead atoms. The van der Waals surface area contributed by atoms with Crippen molar-refractivity contribution in [3.05, 3.63) is 18.0 Å². The molecule has 1 aromatic heterocycles. The molecule has 0 radical (unpaired) electrons. The molecule has 9 heteroatoms. The molecule has 0 aromatic carbocycles. The Balaban J connectivity index is 2.13. The number of sulfone groups is 1. The summed E-state index contributed by atoms with van der Waals surface area (Å²) >= 11 is 0. The van der Waals surface area contributed by atoms with E-state index in [0.717, 1.165) is 13.2 Å². The van der Waals surface area contributed by atoms with Crippen LogP contribution in [0.15, 0.2) is 12.3 Å². The van der Waals surface area contributed by atoms with Crippen LogP contribution in [0.2, 0.25) is 0 Å². The minimum absolute atomic E-state index is 0.0380. The Kier molecular flexibility index (Phi) is 3.48. The highest BCUT2D eigenvalue weighted by Gasteiger charge is 2.44. The molecular formula is C12H17N3O5S. The Hall–Kier alpha value is -2.03. The number of fused-ring (bicyclic) bond motifs is 1. The predicted molar refractivity (Wildman–Crippen MR) is 75.6 cm³/mol. The standard InChI is InChI=1S/C12H17N3O5S/c1-12(10(16)17,21(2,19)20)3-4-14-7-9-5-8(13)6-15(9)11(14)18/h5-6H,3-4,7,13H2,1-2H3,(H,16,17). The number of carboxylic acid groups (broad SMARTS) is 1. The summed E-state index contributed by atoms with van der Waals surface area (Å²) in [5.41, 5.74) is 6.77. The molecule has 1 unspecified atom stereocenters. The lowest BCUT2D eigenvalue weighted by Gasteiger charge is -2.25. The molecule has 21 heavy (non-hydrogen) atoms. The number of nitrogen functional groups attached to an aromatic ring is 1. The number of nitrogens with zero attached hydrogens (tertiary/aromatic N) is 2. The number of amides is 1. The first-order valence-electron chi connectivity index (χ1n) is 6.25. The second-order valence-corrected chi connectivity index (χ2v) is 7.84. The third-order valence-corrected chi connectivity index (χ3v) is 5.90. The average molecular weight is 315 g/mol. The van der Waals surface area contributed by atoms with Gasteiger partial charge in [0.2, 0.25) is 0 Å². The van der Waals surface area contributed by atoms with Crippen molar-refractivity contribution in [1.82, 2.24) is 9.47 Å². The summed E-state index contributed by atoms with van der Waals surface area (Å²) in [5.74, 6) is -1.42. The van der Waals surface area contributed by atoms with Crippen molar-refractivity contribution in [3.8, 4) is 0 Å². The molecule has 1 amide bonds. The van der Waals surface area contributed by atoms with Crippen molar-refractivity contribution >= 4 is 27.5 Å². The summed E-state index contributed by atoms with van der Waals surface area (Å²) in [7, 11) is -3.80. The van der Waals surface area contributed by atoms with Crippen molar-refractivity contribution in [3.63, 3.8) is 0 Å². The Morgan fingerprint density at radius 1 is 1.52 bits per heavy atom. The second kappa shape index (κ2) is 4.76. The lowest BCUT2D eigenvalue weighted by atomic mass is 10.1. The van der Waals surface area contributed by atoms with Gasteiger partial charge in [0.25, 0.3) is 0 Å². The summed E-state index contributed by atoms with van der Waals surface area (Å²) in [5, 5.41) is 9.17. The van der Waals surface area contributed by atoms with Gasteiger partial charge in [-0.25, -0.2) is 13.2 Å². The van der Waals surface area contributed by atoms with E-state index >= 15 is 0 Å². The average Bonchev–Trinajstić information content (AvgIpc) is 2.83. The first-order chi connectivity index (χ1) is 9.56. The van der Waals surface area contributed by atoms with E-state index in [1.807, 2.05) is 0 Å². The highest BCUT2D eigenvalue weighted by Crippen LogP contribution is 2.25. The number of carbonyl (C=O) groups excluding carboxylic acids is 1. The van der Waals surface area contributed by atoms with Crippen LogP contribution >= 0.6 is 0 Å². The van der Waals surface area contributed by atoms with Gasteiger partial charge in [-0.3, -0.25) is 9.36 Å². The van der Waals surface area contributed by atoms with Gasteiger partial charge < -0.3 is 15.7 Å². The smallest absolute Gasteiger partial charge is 0.328 e. The normalized spacial score (nSPS) is 17.6. The number of nitrogens with two attached hydrogens (primary N) is 1. The van der Waals surface area contributed by atoms with Gasteiger partial charge in [0.05, 0.1) is 12.2 Å². The molecule has 2 heterocycles. The molecule has 1 aliphatic rings. The van der Waals surface area contributed by atoms with Gasteiger partial charge in [-0.15, -0.1) is 0 Å². The highest BCUT2D eigenvalue weighted by atomic mass is 32.2. The molecular weight excluding hydrogens is 298 g/mol. The second-order valence-electron chi connectivity index (χ2n) is 5.40. The molecule has 8 nitrogen and oxygen atoms in total. The fourth-order valence-corrected chi connectivity index (χ4v) is 3.00. The first-order valence-corrected chi connectivity index (χ1v) is 8.14. The summed E-state index contributed by atoms with van der Waals surface area (Å²) in [6.07, 6.45) is 2.20. The number of hydrogen-bond acceptors (Lipinski definition) is 5. The predicted octanol–water partition coefficient (Wildman–Crippen LogP) is 0.132. The molecule has 116 valence electrons. The fraction of sp³-hybridized carbons (Fsp3) is 0.500. The van der Waals surface area contributed by atoms with Crippen LogP contribution in [0.4, 0.5) is 10.5 Å². The van der Waals surface area contributed by atoms with Crippen LogP contribution in [0.25, 0.3) is 0 Å². The van der Waals surface area contributed by atoms with Crippen LogP contribution in [-0.4, -0.2) is 52.5 Å². The fourth-order valence-electron chi connectivity index (χ4n) is 2.22. The number of aliphatic carboxylic acids is 1. The highest BCUT2D eigenvalue weighted by molar-refractivity contribution is 7.92. The van der Waals surface area contributed by atoms with E-state index in [0.29, 0.717) is 11.4 Å². The minimum Gasteiger partial charge on any atom is -0.480 e. The van der Waals surface area contributed by atoms with Crippen LogP contribution in [0, 0.1) is 0 Å². The van der Waals surface area contributed by atoms with E-state index < -0.39 is 20.6 Å². The van der Waals surface area contributed by atoms with Crippen molar-refractivity contribution in [2.24, 2.45) is 0 Å². The lowest BCUT2D eigenvalue weighted by Crippen LogP contribution is -2.45. The Labute approximate surface area is 122 Å². The summed E-state index contributed by atoms with van der Waals surface area (Å²) in [6.45, 7) is 1.48.